The van der Waals surface area contributed by atoms with E-state index in [-0.39, 0.29) is 6.61 Å². The predicted octanol–water partition coefficient (Wildman–Crippen LogP) is 2.62. The van der Waals surface area contributed by atoms with Crippen molar-refractivity contribution in [1.29, 1.82) is 5.26 Å². The van der Waals surface area contributed by atoms with E-state index in [1.54, 1.807) is 0 Å². The van der Waals surface area contributed by atoms with Crippen molar-refractivity contribution in [3.63, 3.8) is 0 Å². The first kappa shape index (κ1) is 16.5. The van der Waals surface area contributed by atoms with E-state index in [1.165, 1.54) is 0 Å². The lowest BCUT2D eigenvalue weighted by molar-refractivity contribution is 0.278. The molecule has 0 aromatic heterocycles. The lowest BCUT2D eigenvalue weighted by atomic mass is 9.98. The van der Waals surface area contributed by atoms with Gasteiger partial charge in [0, 0.05) is 0 Å². The fraction of sp³-hybridized carbons (Fsp3) is 0.562. The van der Waals surface area contributed by atoms with E-state index in [0.29, 0.717) is 6.61 Å². The molecule has 1 aromatic rings. The molecule has 0 aliphatic heterocycles. The Kier molecular flexibility index (Phi) is 7.06. The van der Waals surface area contributed by atoms with Gasteiger partial charge in [0.15, 0.2) is 0 Å². The van der Waals surface area contributed by atoms with Gasteiger partial charge in [0.1, 0.15) is 11.3 Å². The number of aliphatic hydroxyl groups is 1. The van der Waals surface area contributed by atoms with E-state index >= 15 is 0 Å². The third-order valence-electron chi connectivity index (χ3n) is 3.21. The molecule has 1 rings (SSSR count). The summed E-state index contributed by atoms with van der Waals surface area (Å²) in [6.45, 7) is 5.50. The van der Waals surface area contributed by atoms with Gasteiger partial charge in [-0.25, -0.2) is 0 Å². The molecule has 2 N–H and O–H groups in total. The van der Waals surface area contributed by atoms with Crippen LogP contribution in [0.5, 0.6) is 5.75 Å². The number of aliphatic hydroxyl groups excluding tert-OH is 1. The standard InChI is InChI=1S/C16H24N2O2/c1-3-10-18-16(2,13-17)9-4-11-20-15-7-5-14(12-19)6-8-15/h5-8,18-19H,3-4,9-12H2,1-2H3. The number of ether oxygens (including phenoxy) is 1. The van der Waals surface area contributed by atoms with Gasteiger partial charge >= 0.3 is 0 Å². The van der Waals surface area contributed by atoms with Crippen LogP contribution in [-0.2, 0) is 6.61 Å². The van der Waals surface area contributed by atoms with Crippen LogP contribution < -0.4 is 10.1 Å². The minimum Gasteiger partial charge on any atom is -0.494 e. The van der Waals surface area contributed by atoms with Crippen LogP contribution in [-0.4, -0.2) is 23.8 Å². The van der Waals surface area contributed by atoms with Crippen molar-refractivity contribution in [2.24, 2.45) is 0 Å². The smallest absolute Gasteiger partial charge is 0.119 e. The molecule has 1 atom stereocenters. The summed E-state index contributed by atoms with van der Waals surface area (Å²) in [6.07, 6.45) is 2.60. The van der Waals surface area contributed by atoms with E-state index in [4.69, 9.17) is 9.84 Å². The molecule has 0 spiro atoms. The Bertz CT molecular complexity index is 425. The van der Waals surface area contributed by atoms with Crippen molar-refractivity contribution in [1.82, 2.24) is 5.32 Å². The molecule has 0 saturated carbocycles. The number of nitriles is 1. The molecule has 0 saturated heterocycles. The molecule has 1 aromatic carbocycles. The first-order valence-corrected chi connectivity index (χ1v) is 7.12. The van der Waals surface area contributed by atoms with Crippen molar-refractivity contribution in [3.8, 4) is 11.8 Å². The average molecular weight is 276 g/mol. The summed E-state index contributed by atoms with van der Waals surface area (Å²) in [5.74, 6) is 0.794. The maximum absolute atomic E-state index is 9.21. The number of hydrogen-bond donors (Lipinski definition) is 2. The van der Waals surface area contributed by atoms with Crippen LogP contribution in [0.3, 0.4) is 0 Å². The summed E-state index contributed by atoms with van der Waals surface area (Å²) in [5.41, 5.74) is 0.401. The first-order valence-electron chi connectivity index (χ1n) is 7.12. The Labute approximate surface area is 121 Å². The Morgan fingerprint density at radius 3 is 2.60 bits per heavy atom. The van der Waals surface area contributed by atoms with Crippen LogP contribution in [0.25, 0.3) is 0 Å². The molecule has 4 heteroatoms. The van der Waals surface area contributed by atoms with Crippen molar-refractivity contribution in [3.05, 3.63) is 29.8 Å². The van der Waals surface area contributed by atoms with Crippen molar-refractivity contribution in [2.45, 2.75) is 45.3 Å². The molecule has 0 heterocycles. The van der Waals surface area contributed by atoms with Crippen LogP contribution in [0.4, 0.5) is 0 Å². The van der Waals surface area contributed by atoms with Crippen molar-refractivity contribution < 1.29 is 9.84 Å². The zero-order chi connectivity index (χ0) is 14.8. The highest BCUT2D eigenvalue weighted by molar-refractivity contribution is 5.26. The second-order valence-corrected chi connectivity index (χ2v) is 5.12. The summed E-state index contributed by atoms with van der Waals surface area (Å²) in [4.78, 5) is 0. The van der Waals surface area contributed by atoms with E-state index in [2.05, 4.69) is 18.3 Å². The van der Waals surface area contributed by atoms with Gasteiger partial charge in [0.05, 0.1) is 19.3 Å². The molecular formula is C16H24N2O2. The van der Waals surface area contributed by atoms with Gasteiger partial charge in [-0.3, -0.25) is 5.32 Å². The van der Waals surface area contributed by atoms with Gasteiger partial charge in [-0.15, -0.1) is 0 Å². The normalized spacial score (nSPS) is 13.5. The van der Waals surface area contributed by atoms with E-state index < -0.39 is 5.54 Å². The lowest BCUT2D eigenvalue weighted by Gasteiger charge is -2.23. The molecule has 1 unspecified atom stereocenters. The molecule has 110 valence electrons. The van der Waals surface area contributed by atoms with Crippen LogP contribution in [0.15, 0.2) is 24.3 Å². The zero-order valence-electron chi connectivity index (χ0n) is 12.4. The number of hydrogen-bond acceptors (Lipinski definition) is 4. The molecule has 0 aliphatic carbocycles. The number of nitrogens with one attached hydrogen (secondary N) is 1. The summed E-state index contributed by atoms with van der Waals surface area (Å²) in [7, 11) is 0. The Balaban J connectivity index is 2.31. The van der Waals surface area contributed by atoms with Crippen LogP contribution in [0.2, 0.25) is 0 Å². The van der Waals surface area contributed by atoms with Crippen LogP contribution in [0, 0.1) is 11.3 Å². The summed E-state index contributed by atoms with van der Waals surface area (Å²) in [5, 5.41) is 21.4. The Morgan fingerprint density at radius 1 is 1.35 bits per heavy atom. The maximum atomic E-state index is 9.21. The molecule has 0 amide bonds. The highest BCUT2D eigenvalue weighted by Crippen LogP contribution is 2.15. The molecular weight excluding hydrogens is 252 g/mol. The molecule has 4 nitrogen and oxygen atoms in total. The molecule has 0 bridgehead atoms. The van der Waals surface area contributed by atoms with Gasteiger partial charge in [0.25, 0.3) is 0 Å². The van der Waals surface area contributed by atoms with E-state index in [0.717, 1.165) is 37.1 Å². The van der Waals surface area contributed by atoms with Crippen LogP contribution >= 0.6 is 0 Å². The first-order chi connectivity index (χ1) is 9.63. The predicted molar refractivity (Wildman–Crippen MR) is 79.4 cm³/mol. The molecule has 0 radical (unpaired) electrons. The number of rotatable bonds is 9. The van der Waals surface area contributed by atoms with Crippen LogP contribution in [0.1, 0.15) is 38.7 Å². The molecule has 20 heavy (non-hydrogen) atoms. The van der Waals surface area contributed by atoms with Gasteiger partial charge in [-0.05, 0) is 50.4 Å². The highest BCUT2D eigenvalue weighted by atomic mass is 16.5. The van der Waals surface area contributed by atoms with E-state index in [9.17, 15) is 5.26 Å². The maximum Gasteiger partial charge on any atom is 0.119 e. The monoisotopic (exact) mass is 276 g/mol. The SMILES string of the molecule is CCCNC(C)(C#N)CCCOc1ccc(CO)cc1. The molecule has 0 aliphatic rings. The fourth-order valence-corrected chi connectivity index (χ4v) is 1.89. The van der Waals surface area contributed by atoms with E-state index in [1.807, 2.05) is 31.2 Å². The van der Waals surface area contributed by atoms with Crippen molar-refractivity contribution >= 4 is 0 Å². The second-order valence-electron chi connectivity index (χ2n) is 5.12. The third kappa shape index (κ3) is 5.60. The summed E-state index contributed by atoms with van der Waals surface area (Å²) in [6, 6.07) is 9.73. The third-order valence-corrected chi connectivity index (χ3v) is 3.21. The van der Waals surface area contributed by atoms with Gasteiger partial charge in [-0.2, -0.15) is 5.26 Å². The lowest BCUT2D eigenvalue weighted by Crippen LogP contribution is -2.41. The fourth-order valence-electron chi connectivity index (χ4n) is 1.89. The highest BCUT2D eigenvalue weighted by Gasteiger charge is 2.21. The minimum atomic E-state index is -0.472. The minimum absolute atomic E-state index is 0.0455. The average Bonchev–Trinajstić information content (AvgIpc) is 2.50. The van der Waals surface area contributed by atoms with Crippen molar-refractivity contribution in [2.75, 3.05) is 13.2 Å². The van der Waals surface area contributed by atoms with Gasteiger partial charge < -0.3 is 9.84 Å². The van der Waals surface area contributed by atoms with Gasteiger partial charge in [0.2, 0.25) is 0 Å². The topological polar surface area (TPSA) is 65.3 Å². The largest absolute Gasteiger partial charge is 0.494 e. The number of nitrogens with zero attached hydrogens (tertiary/aromatic N) is 1. The quantitative estimate of drug-likeness (QED) is 0.680. The Hall–Kier alpha value is -1.57. The number of benzene rings is 1. The summed E-state index contributed by atoms with van der Waals surface area (Å²) < 4.78 is 5.63. The van der Waals surface area contributed by atoms with Gasteiger partial charge in [-0.1, -0.05) is 19.1 Å². The summed E-state index contributed by atoms with van der Waals surface area (Å²) >= 11 is 0. The second kappa shape index (κ2) is 8.57. The molecule has 0 fully saturated rings. The Morgan fingerprint density at radius 2 is 2.05 bits per heavy atom. The zero-order valence-corrected chi connectivity index (χ0v) is 12.4.